The lowest BCUT2D eigenvalue weighted by molar-refractivity contribution is -0.485. The van der Waals surface area contributed by atoms with E-state index in [4.69, 9.17) is 16.2 Å². The molecule has 0 aromatic rings. The first-order valence-electron chi connectivity index (χ1n) is 5.82. The predicted octanol–water partition coefficient (Wildman–Crippen LogP) is -0.468. The van der Waals surface area contributed by atoms with Gasteiger partial charge in [0.2, 0.25) is 0 Å². The Morgan fingerprint density at radius 2 is 2.11 bits per heavy atom. The number of hydrazone groups is 1. The van der Waals surface area contributed by atoms with Gasteiger partial charge in [0.25, 0.3) is 5.96 Å². The number of rotatable bonds is 6. The molecule has 9 nitrogen and oxygen atoms in total. The van der Waals surface area contributed by atoms with Crippen molar-refractivity contribution in [1.29, 1.82) is 0 Å². The monoisotopic (exact) mass is 275 g/mol. The maximum absolute atomic E-state index is 11.5. The number of nitrogens with one attached hydrogen (secondary N) is 1. The van der Waals surface area contributed by atoms with Crippen LogP contribution in [0.2, 0.25) is 0 Å². The van der Waals surface area contributed by atoms with Crippen LogP contribution in [0.4, 0.5) is 0 Å². The molecule has 0 heterocycles. The van der Waals surface area contributed by atoms with Crippen LogP contribution in [0.5, 0.6) is 0 Å². The van der Waals surface area contributed by atoms with Crippen LogP contribution in [0.15, 0.2) is 5.10 Å². The van der Waals surface area contributed by atoms with Crippen molar-refractivity contribution in [1.82, 2.24) is 5.32 Å². The molecule has 1 unspecified atom stereocenters. The fourth-order valence-electron chi connectivity index (χ4n) is 1.16. The van der Waals surface area contributed by atoms with Crippen LogP contribution in [0.1, 0.15) is 33.6 Å². The van der Waals surface area contributed by atoms with Gasteiger partial charge in [-0.1, -0.05) is 0 Å². The van der Waals surface area contributed by atoms with E-state index >= 15 is 0 Å². The largest absolute Gasteiger partial charge is 0.459 e. The van der Waals surface area contributed by atoms with Crippen LogP contribution < -0.4 is 16.8 Å². The first-order valence-corrected chi connectivity index (χ1v) is 5.82. The van der Waals surface area contributed by atoms with Crippen molar-refractivity contribution in [3.05, 3.63) is 10.1 Å². The molecule has 0 aromatic carbocycles. The summed E-state index contributed by atoms with van der Waals surface area (Å²) in [5.41, 5.74) is 10.3. The Balaban J connectivity index is 3.89. The average Bonchev–Trinajstić information content (AvgIpc) is 2.20. The molecule has 9 heteroatoms. The summed E-state index contributed by atoms with van der Waals surface area (Å²) in [7, 11) is 0. The third-order valence-corrected chi connectivity index (χ3v) is 1.90. The Morgan fingerprint density at radius 3 is 2.58 bits per heavy atom. The van der Waals surface area contributed by atoms with Crippen molar-refractivity contribution in [2.75, 3.05) is 6.54 Å². The lowest BCUT2D eigenvalue weighted by Crippen LogP contribution is -2.38. The Kier molecular flexibility index (Phi) is 6.76. The number of nitrogens with two attached hydrogens (primary N) is 2. The normalized spacial score (nSPS) is 13.8. The predicted molar refractivity (Wildman–Crippen MR) is 69.7 cm³/mol. The van der Waals surface area contributed by atoms with Gasteiger partial charge >= 0.3 is 5.97 Å². The third-order valence-electron chi connectivity index (χ3n) is 1.90. The molecule has 0 bridgehead atoms. The number of ether oxygens (including phenoxy) is 1. The molecule has 0 amide bonds. The molecular weight excluding hydrogens is 254 g/mol. The van der Waals surface area contributed by atoms with Crippen molar-refractivity contribution in [2.24, 2.45) is 16.6 Å². The Hall–Kier alpha value is -1.90. The molecule has 0 saturated carbocycles. The van der Waals surface area contributed by atoms with Crippen LogP contribution in [0.3, 0.4) is 0 Å². The summed E-state index contributed by atoms with van der Waals surface area (Å²) < 4.78 is 5.11. The van der Waals surface area contributed by atoms with Gasteiger partial charge in [-0.05, 0) is 33.6 Å². The number of carbonyl (C=O) groups is 1. The summed E-state index contributed by atoms with van der Waals surface area (Å²) in [6.45, 7) is 5.61. The maximum Gasteiger partial charge on any atom is 0.323 e. The molecule has 19 heavy (non-hydrogen) atoms. The topological polar surface area (TPSA) is 146 Å². The van der Waals surface area contributed by atoms with Gasteiger partial charge in [-0.15, -0.1) is 0 Å². The molecule has 0 aliphatic rings. The number of nitrogens with zero attached hydrogens (tertiary/aromatic N) is 2. The molecule has 0 saturated heterocycles. The van der Waals surface area contributed by atoms with Gasteiger partial charge in [0, 0.05) is 6.54 Å². The maximum atomic E-state index is 11.5. The fraction of sp³-hybridized carbons (Fsp3) is 0.800. The summed E-state index contributed by atoms with van der Waals surface area (Å²) >= 11 is 0. The highest BCUT2D eigenvalue weighted by molar-refractivity contribution is 5.77. The molecule has 0 aliphatic carbocycles. The van der Waals surface area contributed by atoms with E-state index in [1.54, 1.807) is 20.8 Å². The molecule has 5 N–H and O–H groups in total. The number of carbonyl (C=O) groups excluding carboxylic acids is 1. The second-order valence-corrected chi connectivity index (χ2v) is 4.93. The summed E-state index contributed by atoms with van der Waals surface area (Å²) in [5, 5.41) is 14.5. The van der Waals surface area contributed by atoms with E-state index in [1.165, 1.54) is 0 Å². The number of hydrogen-bond donors (Lipinski definition) is 3. The van der Waals surface area contributed by atoms with Gasteiger partial charge in [0.15, 0.2) is 5.03 Å². The lowest BCUT2D eigenvalue weighted by atomic mass is 10.1. The summed E-state index contributed by atoms with van der Waals surface area (Å²) in [6, 6.07) is -0.727. The first-order chi connectivity index (χ1) is 8.61. The zero-order chi connectivity index (χ0) is 15.1. The van der Waals surface area contributed by atoms with Gasteiger partial charge in [-0.2, -0.15) is 0 Å². The zero-order valence-electron chi connectivity index (χ0n) is 11.4. The molecule has 0 radical (unpaired) electrons. The number of hydrogen-bond acceptors (Lipinski definition) is 5. The number of nitro groups is 1. The van der Waals surface area contributed by atoms with Gasteiger partial charge in [-0.3, -0.25) is 4.79 Å². The summed E-state index contributed by atoms with van der Waals surface area (Å²) in [6.07, 6.45) is 0.891. The van der Waals surface area contributed by atoms with Crippen LogP contribution in [0, 0.1) is 10.1 Å². The Bertz CT molecular complexity index is 350. The molecule has 0 spiro atoms. The van der Waals surface area contributed by atoms with Crippen molar-refractivity contribution < 1.29 is 14.6 Å². The number of guanidine groups is 1. The van der Waals surface area contributed by atoms with E-state index in [9.17, 15) is 14.9 Å². The van der Waals surface area contributed by atoms with E-state index < -0.39 is 22.6 Å². The summed E-state index contributed by atoms with van der Waals surface area (Å²) in [4.78, 5) is 21.5. The molecule has 0 aromatic heterocycles. The average molecular weight is 275 g/mol. The van der Waals surface area contributed by atoms with Crippen molar-refractivity contribution in [3.8, 4) is 0 Å². The van der Waals surface area contributed by atoms with Crippen LogP contribution in [-0.4, -0.2) is 35.1 Å². The minimum Gasteiger partial charge on any atom is -0.459 e. The van der Waals surface area contributed by atoms with Gasteiger partial charge in [-0.25, -0.2) is 10.1 Å². The van der Waals surface area contributed by atoms with Gasteiger partial charge in [0.1, 0.15) is 16.7 Å². The SMILES string of the molecule is CC(C)(C)OC(=O)C(N)CCCN/C(N)=N/[N+](=O)[O-]. The third kappa shape index (κ3) is 9.77. The van der Waals surface area contributed by atoms with E-state index in [2.05, 4.69) is 10.4 Å². The standard InChI is InChI=1S/C10H21N5O4/c1-10(2,3)19-8(16)7(11)5-4-6-13-9(12)14-15(17)18/h7H,4-6,11H2,1-3H3,(H3,12,13,14). The highest BCUT2D eigenvalue weighted by Gasteiger charge is 2.21. The van der Waals surface area contributed by atoms with Crippen molar-refractivity contribution in [2.45, 2.75) is 45.3 Å². The quantitative estimate of drug-likeness (QED) is 0.148. The number of esters is 1. The van der Waals surface area contributed by atoms with Crippen molar-refractivity contribution >= 4 is 11.9 Å². The first kappa shape index (κ1) is 17.1. The van der Waals surface area contributed by atoms with E-state index in [0.717, 1.165) is 0 Å². The lowest BCUT2D eigenvalue weighted by Gasteiger charge is -2.22. The van der Waals surface area contributed by atoms with Crippen LogP contribution in [-0.2, 0) is 9.53 Å². The van der Waals surface area contributed by atoms with Gasteiger partial charge in [0.05, 0.1) is 0 Å². The second kappa shape index (κ2) is 7.52. The minimum atomic E-state index is -0.894. The smallest absolute Gasteiger partial charge is 0.323 e. The zero-order valence-corrected chi connectivity index (χ0v) is 11.4. The van der Waals surface area contributed by atoms with E-state index in [-0.39, 0.29) is 5.96 Å². The molecule has 1 atom stereocenters. The molecule has 0 aliphatic heterocycles. The molecular formula is C10H21N5O4. The van der Waals surface area contributed by atoms with Crippen LogP contribution >= 0.6 is 0 Å². The van der Waals surface area contributed by atoms with E-state index in [1.807, 2.05) is 0 Å². The second-order valence-electron chi connectivity index (χ2n) is 4.93. The van der Waals surface area contributed by atoms with Gasteiger partial charge < -0.3 is 21.5 Å². The molecule has 110 valence electrons. The van der Waals surface area contributed by atoms with E-state index in [0.29, 0.717) is 19.4 Å². The minimum absolute atomic E-state index is 0.282. The molecule has 0 fully saturated rings. The van der Waals surface area contributed by atoms with Crippen LogP contribution in [0.25, 0.3) is 0 Å². The summed E-state index contributed by atoms with van der Waals surface area (Å²) in [5.74, 6) is -0.754. The Labute approximate surface area is 111 Å². The molecule has 0 rings (SSSR count). The fourth-order valence-corrected chi connectivity index (χ4v) is 1.16. The van der Waals surface area contributed by atoms with Crippen molar-refractivity contribution in [3.63, 3.8) is 0 Å². The highest BCUT2D eigenvalue weighted by Crippen LogP contribution is 2.09. The highest BCUT2D eigenvalue weighted by atomic mass is 16.7. The Morgan fingerprint density at radius 1 is 1.53 bits per heavy atom.